The molecule has 0 bridgehead atoms. The fraction of sp³-hybridized carbons (Fsp3) is 0.438. The molecule has 0 aliphatic heterocycles. The smallest absolute Gasteiger partial charge is 0.420 e. The Hall–Kier alpha value is -3.17. The van der Waals surface area contributed by atoms with E-state index in [9.17, 15) is 24.5 Å². The van der Waals surface area contributed by atoms with Crippen LogP contribution >= 0.6 is 0 Å². The Balaban J connectivity index is 1.61. The Morgan fingerprint density at radius 1 is 1.35 bits per heavy atom. The number of hydrogen-bond donors (Lipinski definition) is 1. The summed E-state index contributed by atoms with van der Waals surface area (Å²) in [4.78, 5) is 45.7. The number of nitro groups is 1. The summed E-state index contributed by atoms with van der Waals surface area (Å²) in [6.45, 7) is -0.883. The highest BCUT2D eigenvalue weighted by molar-refractivity contribution is 5.82. The highest BCUT2D eigenvalue weighted by Gasteiger charge is 2.19. The number of benzene rings is 1. The van der Waals surface area contributed by atoms with Crippen molar-refractivity contribution in [3.05, 3.63) is 38.9 Å². The van der Waals surface area contributed by atoms with Crippen LogP contribution in [0.3, 0.4) is 0 Å². The highest BCUT2D eigenvalue weighted by Crippen LogP contribution is 2.20. The molecule has 1 amide bonds. The minimum atomic E-state index is -0.840. The van der Waals surface area contributed by atoms with Crippen LogP contribution in [0.1, 0.15) is 25.7 Å². The first kappa shape index (κ1) is 17.6. The number of rotatable bonds is 6. The van der Waals surface area contributed by atoms with Crippen LogP contribution in [-0.2, 0) is 20.9 Å². The number of esters is 1. The number of aromatic nitrogens is 1. The second-order valence-corrected chi connectivity index (χ2v) is 6.07. The highest BCUT2D eigenvalue weighted by atomic mass is 16.6. The zero-order valence-electron chi connectivity index (χ0n) is 13.8. The molecular weight excluding hydrogens is 346 g/mol. The molecular formula is C16H17N3O7. The molecule has 10 heteroatoms. The molecule has 1 aromatic heterocycles. The van der Waals surface area contributed by atoms with Crippen molar-refractivity contribution in [2.75, 3.05) is 6.61 Å². The molecule has 1 heterocycles. The molecule has 10 nitrogen and oxygen atoms in total. The molecule has 0 spiro atoms. The van der Waals surface area contributed by atoms with Gasteiger partial charge in [0.2, 0.25) is 0 Å². The van der Waals surface area contributed by atoms with Crippen LogP contribution in [0.2, 0.25) is 0 Å². The van der Waals surface area contributed by atoms with Crippen molar-refractivity contribution >= 4 is 28.7 Å². The molecule has 3 rings (SSSR count). The van der Waals surface area contributed by atoms with Gasteiger partial charge < -0.3 is 14.5 Å². The second kappa shape index (κ2) is 7.38. The van der Waals surface area contributed by atoms with E-state index in [1.54, 1.807) is 0 Å². The van der Waals surface area contributed by atoms with Gasteiger partial charge in [-0.25, -0.2) is 4.79 Å². The number of non-ortho nitro benzene ring substituents is 1. The van der Waals surface area contributed by atoms with Crippen molar-refractivity contribution < 1.29 is 23.7 Å². The second-order valence-electron chi connectivity index (χ2n) is 6.07. The summed E-state index contributed by atoms with van der Waals surface area (Å²) >= 11 is 0. The maximum Gasteiger partial charge on any atom is 0.420 e. The molecule has 1 saturated carbocycles. The average Bonchev–Trinajstić information content (AvgIpc) is 3.20. The van der Waals surface area contributed by atoms with E-state index >= 15 is 0 Å². The molecule has 1 aliphatic rings. The van der Waals surface area contributed by atoms with Gasteiger partial charge in [-0.3, -0.25) is 24.3 Å². The molecule has 26 heavy (non-hydrogen) atoms. The van der Waals surface area contributed by atoms with Gasteiger partial charge >= 0.3 is 11.7 Å². The summed E-state index contributed by atoms with van der Waals surface area (Å²) in [5.74, 6) is -2.01. The van der Waals surface area contributed by atoms with Crippen molar-refractivity contribution in [3.63, 3.8) is 0 Å². The van der Waals surface area contributed by atoms with Crippen LogP contribution in [0.5, 0.6) is 0 Å². The zero-order chi connectivity index (χ0) is 18.7. The fourth-order valence-corrected chi connectivity index (χ4v) is 2.98. The maximum atomic E-state index is 11.9. The van der Waals surface area contributed by atoms with Crippen LogP contribution < -0.4 is 11.1 Å². The fourth-order valence-electron chi connectivity index (χ4n) is 2.98. The van der Waals surface area contributed by atoms with E-state index in [-0.39, 0.29) is 28.7 Å². The van der Waals surface area contributed by atoms with E-state index in [1.807, 2.05) is 0 Å². The third-order valence-corrected chi connectivity index (χ3v) is 4.23. The number of carbonyl (C=O) groups is 2. The lowest BCUT2D eigenvalue weighted by molar-refractivity contribution is -0.384. The monoisotopic (exact) mass is 363 g/mol. The molecule has 0 unspecified atom stereocenters. The number of nitro benzene ring substituents is 1. The van der Waals surface area contributed by atoms with E-state index in [1.165, 1.54) is 12.1 Å². The summed E-state index contributed by atoms with van der Waals surface area (Å²) in [6, 6.07) is 3.75. The average molecular weight is 363 g/mol. The van der Waals surface area contributed by atoms with Crippen LogP contribution in [0.25, 0.3) is 11.1 Å². The minimum Gasteiger partial charge on any atom is -0.454 e. The summed E-state index contributed by atoms with van der Waals surface area (Å²) in [5.41, 5.74) is -0.00602. The van der Waals surface area contributed by atoms with Gasteiger partial charge in [-0.05, 0) is 18.9 Å². The summed E-state index contributed by atoms with van der Waals surface area (Å²) in [6.07, 6.45) is 3.98. The van der Waals surface area contributed by atoms with Gasteiger partial charge in [0, 0.05) is 12.1 Å². The third kappa shape index (κ3) is 3.90. The SMILES string of the molecule is O=C(COC(=O)Cn1c(=O)oc2cc([N+](=O)[O-])ccc21)NC1CCCC1. The largest absolute Gasteiger partial charge is 0.454 e. The van der Waals surface area contributed by atoms with Gasteiger partial charge in [-0.2, -0.15) is 0 Å². The Morgan fingerprint density at radius 2 is 2.08 bits per heavy atom. The maximum absolute atomic E-state index is 11.9. The molecule has 138 valence electrons. The molecule has 1 N–H and O–H groups in total. The number of carbonyl (C=O) groups excluding carboxylic acids is 2. The van der Waals surface area contributed by atoms with Crippen LogP contribution in [0.4, 0.5) is 5.69 Å². The standard InChI is InChI=1S/C16H17N3O7/c20-14(17-10-3-1-2-4-10)9-25-15(21)8-18-12-6-5-11(19(23)24)7-13(12)26-16(18)22/h5-7,10H,1-4,8-9H2,(H,17,20). The van der Waals surface area contributed by atoms with Gasteiger partial charge in [-0.1, -0.05) is 12.8 Å². The van der Waals surface area contributed by atoms with E-state index in [0.717, 1.165) is 36.3 Å². The van der Waals surface area contributed by atoms with Gasteiger partial charge in [0.25, 0.3) is 11.6 Å². The molecule has 1 aromatic carbocycles. The molecule has 0 radical (unpaired) electrons. The molecule has 0 atom stereocenters. The van der Waals surface area contributed by atoms with Crippen LogP contribution in [0, 0.1) is 10.1 Å². The van der Waals surface area contributed by atoms with Crippen LogP contribution in [-0.4, -0.2) is 34.0 Å². The molecule has 1 fully saturated rings. The van der Waals surface area contributed by atoms with Crippen molar-refractivity contribution in [1.29, 1.82) is 0 Å². The van der Waals surface area contributed by atoms with E-state index in [0.29, 0.717) is 0 Å². The van der Waals surface area contributed by atoms with Gasteiger partial charge in [0.05, 0.1) is 16.5 Å². The number of nitrogens with one attached hydrogen (secondary N) is 1. The lowest BCUT2D eigenvalue weighted by Gasteiger charge is -2.11. The zero-order valence-corrected chi connectivity index (χ0v) is 13.8. The number of hydrogen-bond acceptors (Lipinski definition) is 7. The van der Waals surface area contributed by atoms with Gasteiger partial charge in [0.15, 0.2) is 12.2 Å². The van der Waals surface area contributed by atoms with Crippen molar-refractivity contribution in [1.82, 2.24) is 9.88 Å². The Morgan fingerprint density at radius 3 is 2.77 bits per heavy atom. The Bertz CT molecular complexity index is 908. The molecule has 1 aliphatic carbocycles. The summed E-state index contributed by atoms with van der Waals surface area (Å²) in [7, 11) is 0. The van der Waals surface area contributed by atoms with Crippen molar-refractivity contribution in [2.45, 2.75) is 38.3 Å². The molecule has 2 aromatic rings. The number of fused-ring (bicyclic) bond motifs is 1. The van der Waals surface area contributed by atoms with Crippen molar-refractivity contribution in [3.8, 4) is 0 Å². The van der Waals surface area contributed by atoms with Crippen molar-refractivity contribution in [2.24, 2.45) is 0 Å². The summed E-state index contributed by atoms with van der Waals surface area (Å²) in [5, 5.41) is 13.5. The van der Waals surface area contributed by atoms with E-state index in [4.69, 9.17) is 9.15 Å². The number of oxazole rings is 1. The van der Waals surface area contributed by atoms with Crippen LogP contribution in [0.15, 0.2) is 27.4 Å². The minimum absolute atomic E-state index is 0.00373. The van der Waals surface area contributed by atoms with E-state index < -0.39 is 29.8 Å². The lowest BCUT2D eigenvalue weighted by atomic mass is 10.2. The van der Waals surface area contributed by atoms with E-state index in [2.05, 4.69) is 5.32 Å². The first-order valence-electron chi connectivity index (χ1n) is 8.17. The van der Waals surface area contributed by atoms with Gasteiger partial charge in [-0.15, -0.1) is 0 Å². The Kier molecular flexibility index (Phi) is 5.01. The molecule has 0 saturated heterocycles. The predicted molar refractivity (Wildman–Crippen MR) is 88.5 cm³/mol. The predicted octanol–water partition coefficient (Wildman–Crippen LogP) is 1.10. The number of ether oxygens (including phenoxy) is 1. The first-order chi connectivity index (χ1) is 12.4. The summed E-state index contributed by atoms with van der Waals surface area (Å²) < 4.78 is 10.8. The third-order valence-electron chi connectivity index (χ3n) is 4.23. The normalized spacial score (nSPS) is 14.5. The Labute approximate surface area is 146 Å². The lowest BCUT2D eigenvalue weighted by Crippen LogP contribution is -2.36. The first-order valence-corrected chi connectivity index (χ1v) is 8.17. The topological polar surface area (TPSA) is 134 Å². The quantitative estimate of drug-likeness (QED) is 0.461. The number of nitrogens with zero attached hydrogens (tertiary/aromatic N) is 2. The number of amides is 1. The van der Waals surface area contributed by atoms with Gasteiger partial charge in [0.1, 0.15) is 6.54 Å².